The van der Waals surface area contributed by atoms with Crippen LogP contribution in [0.4, 0.5) is 5.69 Å². The number of anilines is 1. The number of aromatic nitrogens is 3. The van der Waals surface area contributed by atoms with E-state index in [0.717, 1.165) is 35.3 Å². The van der Waals surface area contributed by atoms with Crippen LogP contribution in [0.25, 0.3) is 16.8 Å². The molecule has 8 heteroatoms. The first-order valence-electron chi connectivity index (χ1n) is 13.6. The summed E-state index contributed by atoms with van der Waals surface area (Å²) in [5.41, 5.74) is 5.65. The molecule has 1 N–H and O–H groups in total. The number of carbonyl (C=O) groups is 2. The van der Waals surface area contributed by atoms with Crippen molar-refractivity contribution in [1.82, 2.24) is 19.5 Å². The number of pyridine rings is 1. The van der Waals surface area contributed by atoms with Crippen LogP contribution in [0.5, 0.6) is 0 Å². The number of hydrogen-bond acceptors (Lipinski definition) is 5. The molecule has 3 aromatic heterocycles. The molecular formula is C32H31N5O3. The number of benzene rings is 2. The number of nitrogens with zero attached hydrogens (tertiary/aromatic N) is 4. The third-order valence-electron chi connectivity index (χ3n) is 7.59. The van der Waals surface area contributed by atoms with Gasteiger partial charge in [-0.2, -0.15) is 5.10 Å². The molecule has 1 aliphatic rings. The number of carbonyl (C=O) groups excluding carboxylic acids is 2. The third-order valence-corrected chi connectivity index (χ3v) is 7.59. The molecule has 0 saturated carbocycles. The van der Waals surface area contributed by atoms with Crippen molar-refractivity contribution in [3.63, 3.8) is 0 Å². The van der Waals surface area contributed by atoms with Gasteiger partial charge in [-0.1, -0.05) is 44.2 Å². The number of fused-ring (bicyclic) bond motifs is 1. The topological polar surface area (TPSA) is 92.7 Å². The van der Waals surface area contributed by atoms with Crippen LogP contribution >= 0.6 is 0 Å². The van der Waals surface area contributed by atoms with Crippen LogP contribution in [-0.2, 0) is 0 Å². The molecule has 0 aliphatic carbocycles. The molecule has 2 aromatic carbocycles. The lowest BCUT2D eigenvalue weighted by atomic mass is 9.89. The van der Waals surface area contributed by atoms with E-state index >= 15 is 0 Å². The highest BCUT2D eigenvalue weighted by atomic mass is 16.3. The number of nitrogens with one attached hydrogen (secondary N) is 1. The Bertz CT molecular complexity index is 1650. The summed E-state index contributed by atoms with van der Waals surface area (Å²) in [5.74, 6) is 1.01. The van der Waals surface area contributed by atoms with E-state index in [1.807, 2.05) is 79.5 Å². The number of amides is 2. The van der Waals surface area contributed by atoms with Gasteiger partial charge >= 0.3 is 0 Å². The zero-order valence-electron chi connectivity index (χ0n) is 22.6. The van der Waals surface area contributed by atoms with Gasteiger partial charge in [0, 0.05) is 36.1 Å². The first kappa shape index (κ1) is 25.6. The number of oxazole rings is 1. The van der Waals surface area contributed by atoms with E-state index in [9.17, 15) is 9.59 Å². The molecular weight excluding hydrogens is 502 g/mol. The fourth-order valence-corrected chi connectivity index (χ4v) is 5.45. The molecule has 6 rings (SSSR count). The minimum absolute atomic E-state index is 0.0336. The largest absolute Gasteiger partial charge is 0.444 e. The Balaban J connectivity index is 1.09. The Morgan fingerprint density at radius 1 is 1.00 bits per heavy atom. The number of hydrogen-bond donors (Lipinski definition) is 1. The van der Waals surface area contributed by atoms with Crippen LogP contribution in [-0.4, -0.2) is 44.4 Å². The molecule has 8 nitrogen and oxygen atoms in total. The van der Waals surface area contributed by atoms with E-state index in [-0.39, 0.29) is 17.7 Å². The van der Waals surface area contributed by atoms with Crippen molar-refractivity contribution in [2.75, 3.05) is 18.4 Å². The highest BCUT2D eigenvalue weighted by molar-refractivity contribution is 6.10. The molecule has 40 heavy (non-hydrogen) atoms. The molecule has 202 valence electrons. The molecule has 0 radical (unpaired) electrons. The van der Waals surface area contributed by atoms with E-state index in [4.69, 9.17) is 4.42 Å². The Morgan fingerprint density at radius 2 is 1.80 bits per heavy atom. The van der Waals surface area contributed by atoms with Gasteiger partial charge in [-0.3, -0.25) is 9.59 Å². The highest BCUT2D eigenvalue weighted by Gasteiger charge is 2.25. The summed E-state index contributed by atoms with van der Waals surface area (Å²) in [6, 6.07) is 21.3. The summed E-state index contributed by atoms with van der Waals surface area (Å²) in [7, 11) is 0. The van der Waals surface area contributed by atoms with Gasteiger partial charge in [-0.05, 0) is 66.6 Å². The molecule has 1 fully saturated rings. The van der Waals surface area contributed by atoms with Gasteiger partial charge in [0.1, 0.15) is 0 Å². The summed E-state index contributed by atoms with van der Waals surface area (Å²) in [6.45, 7) is 5.48. The Kier molecular flexibility index (Phi) is 6.90. The Labute approximate surface area is 232 Å². The maximum atomic E-state index is 13.3. The zero-order valence-corrected chi connectivity index (χ0v) is 22.6. The van der Waals surface area contributed by atoms with E-state index in [1.165, 1.54) is 12.0 Å². The first-order valence-corrected chi connectivity index (χ1v) is 13.6. The smallest absolute Gasteiger partial charge is 0.259 e. The molecule has 0 bridgehead atoms. The predicted molar refractivity (Wildman–Crippen MR) is 153 cm³/mol. The molecule has 1 aliphatic heterocycles. The van der Waals surface area contributed by atoms with Crippen molar-refractivity contribution in [3.05, 3.63) is 108 Å². The number of piperidine rings is 1. The molecule has 2 amide bonds. The van der Waals surface area contributed by atoms with Crippen LogP contribution in [0.1, 0.15) is 70.5 Å². The molecule has 5 aromatic rings. The fourth-order valence-electron chi connectivity index (χ4n) is 5.45. The van der Waals surface area contributed by atoms with Crippen molar-refractivity contribution < 1.29 is 14.0 Å². The second kappa shape index (κ2) is 10.8. The van der Waals surface area contributed by atoms with Gasteiger partial charge in [-0.25, -0.2) is 9.50 Å². The maximum absolute atomic E-state index is 13.3. The van der Waals surface area contributed by atoms with Crippen molar-refractivity contribution in [3.8, 4) is 11.3 Å². The van der Waals surface area contributed by atoms with E-state index in [0.29, 0.717) is 35.9 Å². The molecule has 0 unspecified atom stereocenters. The molecule has 0 spiro atoms. The van der Waals surface area contributed by atoms with Crippen LogP contribution in [0.2, 0.25) is 0 Å². The van der Waals surface area contributed by atoms with Gasteiger partial charge in [0.2, 0.25) is 0 Å². The van der Waals surface area contributed by atoms with E-state index in [2.05, 4.69) is 27.5 Å². The first-order chi connectivity index (χ1) is 19.5. The lowest BCUT2D eigenvalue weighted by Crippen LogP contribution is -2.37. The predicted octanol–water partition coefficient (Wildman–Crippen LogP) is 6.38. The van der Waals surface area contributed by atoms with Gasteiger partial charge in [0.15, 0.2) is 12.2 Å². The summed E-state index contributed by atoms with van der Waals surface area (Å²) >= 11 is 0. The van der Waals surface area contributed by atoms with Crippen molar-refractivity contribution in [1.29, 1.82) is 0 Å². The standard InChI is InChI=1S/C32H31N5O3/c1-21(2)30-29(27-8-3-4-15-37(27)35-30)31(38)34-26-11-9-22(10-12-26)23-13-16-36(17-14-23)32(39)25-7-5-6-24(18-25)28-19-33-20-40-28/h3-12,15,18-21,23H,13-14,16-17H2,1-2H3,(H,34,38). The maximum Gasteiger partial charge on any atom is 0.259 e. The van der Waals surface area contributed by atoms with Crippen LogP contribution in [0.3, 0.4) is 0 Å². The van der Waals surface area contributed by atoms with Crippen molar-refractivity contribution in [2.24, 2.45) is 0 Å². The van der Waals surface area contributed by atoms with Crippen LogP contribution in [0, 0.1) is 0 Å². The molecule has 4 heterocycles. The average Bonchev–Trinajstić information content (AvgIpc) is 3.66. The van der Waals surface area contributed by atoms with Crippen molar-refractivity contribution in [2.45, 2.75) is 38.5 Å². The minimum Gasteiger partial charge on any atom is -0.444 e. The van der Waals surface area contributed by atoms with E-state index < -0.39 is 0 Å². The van der Waals surface area contributed by atoms with Gasteiger partial charge < -0.3 is 14.6 Å². The lowest BCUT2D eigenvalue weighted by molar-refractivity contribution is 0.0713. The summed E-state index contributed by atoms with van der Waals surface area (Å²) in [4.78, 5) is 32.4. The minimum atomic E-state index is -0.156. The highest BCUT2D eigenvalue weighted by Crippen LogP contribution is 2.31. The van der Waals surface area contributed by atoms with E-state index in [1.54, 1.807) is 10.7 Å². The quantitative estimate of drug-likeness (QED) is 0.273. The van der Waals surface area contributed by atoms with Crippen molar-refractivity contribution >= 4 is 23.0 Å². The second-order valence-corrected chi connectivity index (χ2v) is 10.5. The second-order valence-electron chi connectivity index (χ2n) is 10.5. The third kappa shape index (κ3) is 5.00. The lowest BCUT2D eigenvalue weighted by Gasteiger charge is -2.32. The normalized spacial score (nSPS) is 14.1. The monoisotopic (exact) mass is 533 g/mol. The molecule has 0 atom stereocenters. The number of likely N-dealkylation sites (tertiary alicyclic amines) is 1. The fraction of sp³-hybridized carbons (Fsp3) is 0.250. The van der Waals surface area contributed by atoms with Crippen LogP contribution < -0.4 is 5.32 Å². The molecule has 1 saturated heterocycles. The number of rotatable bonds is 6. The summed E-state index contributed by atoms with van der Waals surface area (Å²) < 4.78 is 7.14. The van der Waals surface area contributed by atoms with Gasteiger partial charge in [0.05, 0.1) is 23.0 Å². The van der Waals surface area contributed by atoms with Gasteiger partial charge in [-0.15, -0.1) is 0 Å². The summed E-state index contributed by atoms with van der Waals surface area (Å²) in [5, 5.41) is 7.69. The van der Waals surface area contributed by atoms with Crippen LogP contribution in [0.15, 0.2) is 89.9 Å². The van der Waals surface area contributed by atoms with Gasteiger partial charge in [0.25, 0.3) is 11.8 Å². The Hall–Kier alpha value is -4.72. The SMILES string of the molecule is CC(C)c1nn2ccccc2c1C(=O)Nc1ccc(C2CCN(C(=O)c3cccc(-c4cnco4)c3)CC2)cc1. The zero-order chi connectivity index (χ0) is 27.6. The summed E-state index contributed by atoms with van der Waals surface area (Å²) in [6.07, 6.45) is 6.67. The average molecular weight is 534 g/mol. The Morgan fingerprint density at radius 3 is 2.52 bits per heavy atom.